The first-order chi connectivity index (χ1) is 14.6. The van der Waals surface area contributed by atoms with E-state index in [-0.39, 0.29) is 0 Å². The van der Waals surface area contributed by atoms with Crippen molar-refractivity contribution in [2.45, 2.75) is 0 Å². The number of ether oxygens (including phenoxy) is 3. The van der Waals surface area contributed by atoms with Crippen molar-refractivity contribution in [1.29, 1.82) is 0 Å². The van der Waals surface area contributed by atoms with Gasteiger partial charge < -0.3 is 14.2 Å². The van der Waals surface area contributed by atoms with Crippen LogP contribution in [0, 0.1) is 0 Å². The summed E-state index contributed by atoms with van der Waals surface area (Å²) < 4.78 is 15.6. The summed E-state index contributed by atoms with van der Waals surface area (Å²) >= 11 is 0. The molecule has 0 aliphatic heterocycles. The number of rotatable bonds is 7. The first-order valence-corrected chi connectivity index (χ1v) is 9.03. The fourth-order valence-corrected chi connectivity index (χ4v) is 2.61. The lowest BCUT2D eigenvalue weighted by Gasteiger charge is -2.07. The van der Waals surface area contributed by atoms with E-state index in [0.717, 1.165) is 0 Å². The topological polar surface area (TPSA) is 86.2 Å². The molecule has 0 heterocycles. The SMILES string of the molecule is COc1ccc(C(=O)Oc2cccc(C=NNC(=O)c3ccccc3OC)c2)cc1. The standard InChI is InChI=1S/C23H20N2O5/c1-28-18-12-10-17(11-13-18)23(27)30-19-7-5-6-16(14-19)15-24-25-22(26)20-8-3-4-9-21(20)29-2/h3-15H,1-2H3,(H,25,26). The average Bonchev–Trinajstić information content (AvgIpc) is 2.79. The summed E-state index contributed by atoms with van der Waals surface area (Å²) in [6, 6.07) is 20.3. The molecular formula is C23H20N2O5. The Bertz CT molecular complexity index is 1060. The van der Waals surface area contributed by atoms with Gasteiger partial charge >= 0.3 is 5.97 Å². The highest BCUT2D eigenvalue weighted by Crippen LogP contribution is 2.18. The molecule has 0 unspecified atom stereocenters. The lowest BCUT2D eigenvalue weighted by atomic mass is 10.2. The largest absolute Gasteiger partial charge is 0.497 e. The maximum Gasteiger partial charge on any atom is 0.343 e. The summed E-state index contributed by atoms with van der Waals surface area (Å²) in [7, 11) is 3.05. The maximum absolute atomic E-state index is 12.3. The highest BCUT2D eigenvalue weighted by molar-refractivity contribution is 5.97. The molecule has 0 fully saturated rings. The quantitative estimate of drug-likeness (QED) is 0.281. The molecular weight excluding hydrogens is 384 g/mol. The molecule has 0 aromatic heterocycles. The second-order valence-corrected chi connectivity index (χ2v) is 6.09. The summed E-state index contributed by atoms with van der Waals surface area (Å²) in [5.41, 5.74) is 3.87. The zero-order valence-electron chi connectivity index (χ0n) is 16.5. The summed E-state index contributed by atoms with van der Waals surface area (Å²) in [6.07, 6.45) is 1.46. The third kappa shape index (κ3) is 5.23. The van der Waals surface area contributed by atoms with E-state index in [0.29, 0.717) is 33.9 Å². The van der Waals surface area contributed by atoms with E-state index in [1.807, 2.05) is 0 Å². The maximum atomic E-state index is 12.3. The zero-order chi connectivity index (χ0) is 21.3. The van der Waals surface area contributed by atoms with Crippen molar-refractivity contribution in [3.8, 4) is 17.2 Å². The van der Waals surface area contributed by atoms with Gasteiger partial charge in [-0.25, -0.2) is 10.2 Å². The third-order valence-electron chi connectivity index (χ3n) is 4.13. The Morgan fingerprint density at radius 3 is 2.37 bits per heavy atom. The van der Waals surface area contributed by atoms with Gasteiger partial charge in [-0.05, 0) is 54.1 Å². The molecule has 0 spiro atoms. The van der Waals surface area contributed by atoms with Crippen molar-refractivity contribution in [2.24, 2.45) is 5.10 Å². The number of para-hydroxylation sites is 1. The molecule has 0 aliphatic carbocycles. The van der Waals surface area contributed by atoms with Crippen molar-refractivity contribution in [3.05, 3.63) is 89.5 Å². The van der Waals surface area contributed by atoms with Gasteiger partial charge in [0.05, 0.1) is 31.6 Å². The van der Waals surface area contributed by atoms with Gasteiger partial charge in [0.2, 0.25) is 0 Å². The van der Waals surface area contributed by atoms with Gasteiger partial charge in [-0.2, -0.15) is 5.10 Å². The van der Waals surface area contributed by atoms with E-state index in [4.69, 9.17) is 14.2 Å². The number of hydrogen-bond donors (Lipinski definition) is 1. The molecule has 7 heteroatoms. The number of benzene rings is 3. The van der Waals surface area contributed by atoms with Crippen molar-refractivity contribution in [1.82, 2.24) is 5.43 Å². The van der Waals surface area contributed by atoms with E-state index < -0.39 is 11.9 Å². The van der Waals surface area contributed by atoms with Gasteiger partial charge in [0.1, 0.15) is 17.2 Å². The highest BCUT2D eigenvalue weighted by Gasteiger charge is 2.11. The van der Waals surface area contributed by atoms with Crippen LogP contribution < -0.4 is 19.6 Å². The molecule has 3 aromatic carbocycles. The molecule has 0 radical (unpaired) electrons. The molecule has 30 heavy (non-hydrogen) atoms. The van der Waals surface area contributed by atoms with E-state index in [1.165, 1.54) is 13.3 Å². The second-order valence-electron chi connectivity index (χ2n) is 6.09. The van der Waals surface area contributed by atoms with Crippen molar-refractivity contribution < 1.29 is 23.8 Å². The lowest BCUT2D eigenvalue weighted by molar-refractivity contribution is 0.0734. The monoisotopic (exact) mass is 404 g/mol. The number of esters is 1. The Balaban J connectivity index is 1.63. The molecule has 0 aliphatic rings. The summed E-state index contributed by atoms with van der Waals surface area (Å²) in [6.45, 7) is 0. The van der Waals surface area contributed by atoms with Crippen LogP contribution in [0.1, 0.15) is 26.3 Å². The van der Waals surface area contributed by atoms with E-state index in [2.05, 4.69) is 10.5 Å². The second kappa shape index (κ2) is 9.88. The number of carbonyl (C=O) groups is 2. The Labute approximate surface area is 173 Å². The Kier molecular flexibility index (Phi) is 6.78. The zero-order valence-corrected chi connectivity index (χ0v) is 16.5. The van der Waals surface area contributed by atoms with E-state index in [1.54, 1.807) is 79.9 Å². The minimum Gasteiger partial charge on any atom is -0.497 e. The number of hydrazone groups is 1. The van der Waals surface area contributed by atoms with Gasteiger partial charge in [0, 0.05) is 0 Å². The van der Waals surface area contributed by atoms with Gasteiger partial charge in [-0.1, -0.05) is 24.3 Å². The number of amides is 1. The molecule has 0 saturated heterocycles. The van der Waals surface area contributed by atoms with Crippen LogP contribution in [0.4, 0.5) is 0 Å². The van der Waals surface area contributed by atoms with Crippen LogP contribution in [0.25, 0.3) is 0 Å². The molecule has 0 saturated carbocycles. The minimum absolute atomic E-state index is 0.357. The number of methoxy groups -OCH3 is 2. The molecule has 1 N–H and O–H groups in total. The smallest absolute Gasteiger partial charge is 0.343 e. The van der Waals surface area contributed by atoms with Gasteiger partial charge in [-0.15, -0.1) is 0 Å². The van der Waals surface area contributed by atoms with Gasteiger partial charge in [-0.3, -0.25) is 4.79 Å². The van der Waals surface area contributed by atoms with Crippen molar-refractivity contribution in [2.75, 3.05) is 14.2 Å². The summed E-state index contributed by atoms with van der Waals surface area (Å²) in [5, 5.41) is 3.96. The van der Waals surface area contributed by atoms with E-state index >= 15 is 0 Å². The Hall–Kier alpha value is -4.13. The molecule has 3 rings (SSSR count). The highest BCUT2D eigenvalue weighted by atomic mass is 16.5. The fraction of sp³-hybridized carbons (Fsp3) is 0.0870. The lowest BCUT2D eigenvalue weighted by Crippen LogP contribution is -2.18. The van der Waals surface area contributed by atoms with Crippen LogP contribution >= 0.6 is 0 Å². The minimum atomic E-state index is -0.490. The molecule has 7 nitrogen and oxygen atoms in total. The third-order valence-corrected chi connectivity index (χ3v) is 4.13. The number of carbonyl (C=O) groups excluding carboxylic acids is 2. The normalized spacial score (nSPS) is 10.5. The van der Waals surface area contributed by atoms with Crippen molar-refractivity contribution in [3.63, 3.8) is 0 Å². The summed E-state index contributed by atoms with van der Waals surface area (Å²) in [4.78, 5) is 24.5. The molecule has 0 atom stereocenters. The van der Waals surface area contributed by atoms with Crippen LogP contribution in [0.3, 0.4) is 0 Å². The Morgan fingerprint density at radius 2 is 1.63 bits per heavy atom. The predicted octanol–water partition coefficient (Wildman–Crippen LogP) is 3.69. The van der Waals surface area contributed by atoms with Crippen LogP contribution in [0.15, 0.2) is 77.9 Å². The molecule has 3 aromatic rings. The first kappa shape index (κ1) is 20.6. The van der Waals surface area contributed by atoms with Crippen LogP contribution in [-0.2, 0) is 0 Å². The molecule has 0 bridgehead atoms. The van der Waals surface area contributed by atoms with Crippen LogP contribution in [-0.4, -0.2) is 32.3 Å². The van der Waals surface area contributed by atoms with Crippen molar-refractivity contribution >= 4 is 18.1 Å². The average molecular weight is 404 g/mol. The van der Waals surface area contributed by atoms with E-state index in [9.17, 15) is 9.59 Å². The number of nitrogens with one attached hydrogen (secondary N) is 1. The molecule has 152 valence electrons. The van der Waals surface area contributed by atoms with Crippen LogP contribution in [0.2, 0.25) is 0 Å². The molecule has 1 amide bonds. The van der Waals surface area contributed by atoms with Gasteiger partial charge in [0.25, 0.3) is 5.91 Å². The number of hydrogen-bond acceptors (Lipinski definition) is 6. The van der Waals surface area contributed by atoms with Crippen LogP contribution in [0.5, 0.6) is 17.2 Å². The van der Waals surface area contributed by atoms with Gasteiger partial charge in [0.15, 0.2) is 0 Å². The fourth-order valence-electron chi connectivity index (χ4n) is 2.61. The number of nitrogens with zero attached hydrogens (tertiary/aromatic N) is 1. The first-order valence-electron chi connectivity index (χ1n) is 9.03. The summed E-state index contributed by atoms with van der Waals surface area (Å²) in [5.74, 6) is 0.579. The Morgan fingerprint density at radius 1 is 0.867 bits per heavy atom. The predicted molar refractivity (Wildman–Crippen MR) is 112 cm³/mol.